The van der Waals surface area contributed by atoms with E-state index in [1.165, 1.54) is 30.4 Å². The zero-order valence-electron chi connectivity index (χ0n) is 12.1. The van der Waals surface area contributed by atoms with E-state index < -0.39 is 0 Å². The number of aryl methyl sites for hydroxylation is 2. The van der Waals surface area contributed by atoms with Gasteiger partial charge in [0.05, 0.1) is 17.4 Å². The normalized spacial score (nSPS) is 16.8. The summed E-state index contributed by atoms with van der Waals surface area (Å²) in [7, 11) is 0. The molecule has 0 bridgehead atoms. The van der Waals surface area contributed by atoms with Gasteiger partial charge in [-0.05, 0) is 55.4 Å². The van der Waals surface area contributed by atoms with E-state index in [4.69, 9.17) is 5.73 Å². The Bertz CT molecular complexity index is 617. The average Bonchev–Trinajstić information content (AvgIpc) is 2.39. The molecule has 1 atom stereocenters. The predicted molar refractivity (Wildman–Crippen MR) is 80.6 cm³/mol. The van der Waals surface area contributed by atoms with E-state index in [0.717, 1.165) is 22.9 Å². The Morgan fingerprint density at radius 1 is 1.15 bits per heavy atom. The van der Waals surface area contributed by atoms with Crippen LogP contribution in [0, 0.1) is 13.8 Å². The van der Waals surface area contributed by atoms with Crippen LogP contribution in [0.15, 0.2) is 30.3 Å². The third-order valence-electron chi connectivity index (χ3n) is 4.32. The zero-order valence-corrected chi connectivity index (χ0v) is 12.1. The molecule has 1 aromatic heterocycles. The van der Waals surface area contributed by atoms with Gasteiger partial charge in [-0.3, -0.25) is 0 Å². The van der Waals surface area contributed by atoms with Crippen LogP contribution in [0.4, 0.5) is 0 Å². The second-order valence-electron chi connectivity index (χ2n) is 5.80. The van der Waals surface area contributed by atoms with Crippen LogP contribution in [0.3, 0.4) is 0 Å². The standard InChI is InChI=1S/C17H21N3/c1-11-9-16(12(2)20-19-11)17(18)15-8-4-7-14(10-15)13-5-3-6-13/h4,7-10,13,17H,3,5-6,18H2,1-2H3. The van der Waals surface area contributed by atoms with Gasteiger partial charge < -0.3 is 5.73 Å². The first-order valence-electron chi connectivity index (χ1n) is 7.31. The second kappa shape index (κ2) is 5.33. The molecule has 1 aromatic carbocycles. The van der Waals surface area contributed by atoms with Crippen molar-refractivity contribution in [3.63, 3.8) is 0 Å². The van der Waals surface area contributed by atoms with Crippen molar-refractivity contribution < 1.29 is 0 Å². The Morgan fingerprint density at radius 2 is 1.95 bits per heavy atom. The number of rotatable bonds is 3. The summed E-state index contributed by atoms with van der Waals surface area (Å²) < 4.78 is 0. The van der Waals surface area contributed by atoms with Crippen molar-refractivity contribution in [3.05, 3.63) is 58.4 Å². The molecule has 0 saturated heterocycles. The molecule has 20 heavy (non-hydrogen) atoms. The van der Waals surface area contributed by atoms with Gasteiger partial charge in [0.2, 0.25) is 0 Å². The fourth-order valence-electron chi connectivity index (χ4n) is 2.81. The third kappa shape index (κ3) is 2.46. The maximum atomic E-state index is 6.45. The molecule has 0 aliphatic heterocycles. The molecule has 1 heterocycles. The van der Waals surface area contributed by atoms with Crippen LogP contribution in [-0.2, 0) is 0 Å². The lowest BCUT2D eigenvalue weighted by Crippen LogP contribution is -2.16. The summed E-state index contributed by atoms with van der Waals surface area (Å²) in [5, 5.41) is 8.26. The monoisotopic (exact) mass is 267 g/mol. The van der Waals surface area contributed by atoms with Crippen molar-refractivity contribution in [1.29, 1.82) is 0 Å². The van der Waals surface area contributed by atoms with Crippen molar-refractivity contribution in [2.75, 3.05) is 0 Å². The summed E-state index contributed by atoms with van der Waals surface area (Å²) in [6.45, 7) is 3.92. The molecule has 104 valence electrons. The van der Waals surface area contributed by atoms with Gasteiger partial charge in [-0.15, -0.1) is 0 Å². The van der Waals surface area contributed by atoms with Crippen LogP contribution >= 0.6 is 0 Å². The zero-order chi connectivity index (χ0) is 14.1. The van der Waals surface area contributed by atoms with Crippen LogP contribution in [0.25, 0.3) is 0 Å². The Hall–Kier alpha value is -1.74. The van der Waals surface area contributed by atoms with Crippen molar-refractivity contribution in [2.45, 2.75) is 45.1 Å². The highest BCUT2D eigenvalue weighted by atomic mass is 15.1. The van der Waals surface area contributed by atoms with E-state index in [0.29, 0.717) is 0 Å². The highest BCUT2D eigenvalue weighted by Gasteiger charge is 2.21. The van der Waals surface area contributed by atoms with Crippen molar-refractivity contribution in [1.82, 2.24) is 10.2 Å². The van der Waals surface area contributed by atoms with E-state index in [1.54, 1.807) is 0 Å². The summed E-state index contributed by atoms with van der Waals surface area (Å²) in [5.41, 5.74) is 11.9. The minimum Gasteiger partial charge on any atom is -0.320 e. The molecular formula is C17H21N3. The fraction of sp³-hybridized carbons (Fsp3) is 0.412. The third-order valence-corrected chi connectivity index (χ3v) is 4.32. The molecule has 0 amide bonds. The Balaban J connectivity index is 1.93. The predicted octanol–water partition coefficient (Wildman–Crippen LogP) is 3.41. The summed E-state index contributed by atoms with van der Waals surface area (Å²) >= 11 is 0. The molecule has 0 radical (unpaired) electrons. The highest BCUT2D eigenvalue weighted by Crippen LogP contribution is 2.37. The molecule has 3 rings (SSSR count). The molecule has 1 fully saturated rings. The molecular weight excluding hydrogens is 246 g/mol. The smallest absolute Gasteiger partial charge is 0.0651 e. The van der Waals surface area contributed by atoms with Gasteiger partial charge in [0.25, 0.3) is 0 Å². The fourth-order valence-corrected chi connectivity index (χ4v) is 2.81. The van der Waals surface area contributed by atoms with Crippen molar-refractivity contribution >= 4 is 0 Å². The minimum atomic E-state index is -0.121. The number of nitrogens with two attached hydrogens (primary N) is 1. The number of aromatic nitrogens is 2. The van der Waals surface area contributed by atoms with E-state index in [9.17, 15) is 0 Å². The topological polar surface area (TPSA) is 51.8 Å². The Morgan fingerprint density at radius 3 is 2.65 bits per heavy atom. The van der Waals surface area contributed by atoms with E-state index >= 15 is 0 Å². The Kier molecular flexibility index (Phi) is 3.53. The van der Waals surface area contributed by atoms with Crippen LogP contribution in [0.5, 0.6) is 0 Å². The average molecular weight is 267 g/mol. The second-order valence-corrected chi connectivity index (χ2v) is 5.80. The summed E-state index contributed by atoms with van der Waals surface area (Å²) in [5.74, 6) is 0.737. The van der Waals surface area contributed by atoms with Gasteiger partial charge >= 0.3 is 0 Å². The van der Waals surface area contributed by atoms with Gasteiger partial charge in [0, 0.05) is 0 Å². The Labute approximate surface area is 120 Å². The first-order valence-corrected chi connectivity index (χ1v) is 7.31. The molecule has 1 saturated carbocycles. The molecule has 1 unspecified atom stereocenters. The van der Waals surface area contributed by atoms with Crippen molar-refractivity contribution in [2.24, 2.45) is 5.73 Å². The summed E-state index contributed by atoms with van der Waals surface area (Å²) in [4.78, 5) is 0. The quantitative estimate of drug-likeness (QED) is 0.927. The molecule has 2 aromatic rings. The molecule has 3 nitrogen and oxygen atoms in total. The number of hydrogen-bond acceptors (Lipinski definition) is 3. The van der Waals surface area contributed by atoms with Crippen LogP contribution in [0.1, 0.15) is 59.3 Å². The van der Waals surface area contributed by atoms with Crippen LogP contribution < -0.4 is 5.73 Å². The van der Waals surface area contributed by atoms with E-state index in [1.807, 2.05) is 19.9 Å². The minimum absolute atomic E-state index is 0.121. The SMILES string of the molecule is Cc1cc(C(N)c2cccc(C3CCC3)c2)c(C)nn1. The van der Waals surface area contributed by atoms with E-state index in [2.05, 4.69) is 34.5 Å². The largest absolute Gasteiger partial charge is 0.320 e. The molecule has 1 aliphatic carbocycles. The molecule has 0 spiro atoms. The van der Waals surface area contributed by atoms with Gasteiger partial charge in [0.1, 0.15) is 0 Å². The highest BCUT2D eigenvalue weighted by molar-refractivity contribution is 5.37. The maximum absolute atomic E-state index is 6.45. The van der Waals surface area contributed by atoms with Gasteiger partial charge in [-0.2, -0.15) is 10.2 Å². The van der Waals surface area contributed by atoms with E-state index in [-0.39, 0.29) is 6.04 Å². The lowest BCUT2D eigenvalue weighted by atomic mass is 9.79. The molecule has 3 heteroatoms. The van der Waals surface area contributed by atoms with Crippen molar-refractivity contribution in [3.8, 4) is 0 Å². The summed E-state index contributed by atoms with van der Waals surface area (Å²) in [6, 6.07) is 10.7. The number of nitrogens with zero attached hydrogens (tertiary/aromatic N) is 2. The van der Waals surface area contributed by atoms with Crippen LogP contribution in [0.2, 0.25) is 0 Å². The first kappa shape index (κ1) is 13.3. The molecule has 2 N–H and O–H groups in total. The first-order chi connectivity index (χ1) is 9.65. The van der Waals surface area contributed by atoms with Gasteiger partial charge in [0.15, 0.2) is 0 Å². The number of benzene rings is 1. The lowest BCUT2D eigenvalue weighted by Gasteiger charge is -2.26. The van der Waals surface area contributed by atoms with Gasteiger partial charge in [-0.25, -0.2) is 0 Å². The van der Waals surface area contributed by atoms with Gasteiger partial charge in [-0.1, -0.05) is 30.7 Å². The number of hydrogen-bond donors (Lipinski definition) is 1. The molecule has 1 aliphatic rings. The lowest BCUT2D eigenvalue weighted by molar-refractivity contribution is 0.419. The summed E-state index contributed by atoms with van der Waals surface area (Å²) in [6.07, 6.45) is 3.98. The van der Waals surface area contributed by atoms with Crippen LogP contribution in [-0.4, -0.2) is 10.2 Å². The maximum Gasteiger partial charge on any atom is 0.0651 e.